The molecule has 1 aromatic rings. The Balaban J connectivity index is 2.54. The normalized spacial score (nSPS) is 17.1. The second kappa shape index (κ2) is 2.85. The summed E-state index contributed by atoms with van der Waals surface area (Å²) in [7, 11) is 0. The van der Waals surface area contributed by atoms with Crippen LogP contribution in [0.1, 0.15) is 28.8 Å². The number of carbonyl (C=O) groups is 1. The van der Waals surface area contributed by atoms with Crippen LogP contribution in [-0.4, -0.2) is 11.1 Å². The molecule has 0 saturated heterocycles. The molecule has 0 atom stereocenters. The van der Waals surface area contributed by atoms with Crippen LogP contribution in [0, 0.1) is 6.57 Å². The fraction of sp³-hybridized carbons (Fsp3) is 0.273. The van der Waals surface area contributed by atoms with E-state index in [1.165, 1.54) is 0 Å². The first-order valence-electron chi connectivity index (χ1n) is 4.41. The first kappa shape index (κ1) is 8.76. The van der Waals surface area contributed by atoms with E-state index in [-0.39, 0.29) is 5.56 Å². The van der Waals surface area contributed by atoms with Crippen molar-refractivity contribution in [2.24, 2.45) is 0 Å². The van der Waals surface area contributed by atoms with Crippen molar-refractivity contribution in [3.05, 3.63) is 46.8 Å². The Labute approximate surface area is 81.8 Å². The minimum Gasteiger partial charge on any atom is -0.478 e. The summed E-state index contributed by atoms with van der Waals surface area (Å²) in [5, 5.41) is 8.95. The number of rotatable bonds is 2. The van der Waals surface area contributed by atoms with Crippen LogP contribution in [0.3, 0.4) is 0 Å². The van der Waals surface area contributed by atoms with Gasteiger partial charge in [-0.05, 0) is 6.07 Å². The zero-order valence-corrected chi connectivity index (χ0v) is 7.53. The molecule has 1 aromatic carbocycles. The second-order valence-electron chi connectivity index (χ2n) is 3.49. The average Bonchev–Trinajstić information content (AvgIpc) is 2.98. The van der Waals surface area contributed by atoms with Crippen LogP contribution in [0.5, 0.6) is 0 Å². The van der Waals surface area contributed by atoms with E-state index in [2.05, 4.69) is 4.85 Å². The highest BCUT2D eigenvalue weighted by molar-refractivity contribution is 5.90. The van der Waals surface area contributed by atoms with Crippen LogP contribution in [0.2, 0.25) is 0 Å². The van der Waals surface area contributed by atoms with Gasteiger partial charge in [-0.2, -0.15) is 0 Å². The highest BCUT2D eigenvalue weighted by Crippen LogP contribution is 2.50. The Hall–Kier alpha value is -1.82. The van der Waals surface area contributed by atoms with E-state index in [1.54, 1.807) is 24.3 Å². The molecule has 14 heavy (non-hydrogen) atoms. The summed E-state index contributed by atoms with van der Waals surface area (Å²) in [5.74, 6) is -0.949. The molecule has 3 heteroatoms. The summed E-state index contributed by atoms with van der Waals surface area (Å²) < 4.78 is 0. The molecule has 0 spiro atoms. The van der Waals surface area contributed by atoms with E-state index in [4.69, 9.17) is 11.7 Å². The monoisotopic (exact) mass is 187 g/mol. The Morgan fingerprint density at radius 2 is 2.07 bits per heavy atom. The molecule has 0 aliphatic heterocycles. The lowest BCUT2D eigenvalue weighted by Crippen LogP contribution is -2.09. The molecule has 1 saturated carbocycles. The Bertz CT molecular complexity index is 427. The summed E-state index contributed by atoms with van der Waals surface area (Å²) in [4.78, 5) is 14.4. The van der Waals surface area contributed by atoms with Gasteiger partial charge in [0.2, 0.25) is 0 Å². The predicted octanol–water partition coefficient (Wildman–Crippen LogP) is 2.29. The summed E-state index contributed by atoms with van der Waals surface area (Å²) >= 11 is 0. The zero-order valence-electron chi connectivity index (χ0n) is 7.53. The fourth-order valence-corrected chi connectivity index (χ4v) is 1.64. The summed E-state index contributed by atoms with van der Waals surface area (Å²) in [6, 6.07) is 6.78. The molecule has 3 nitrogen and oxygen atoms in total. The highest BCUT2D eigenvalue weighted by atomic mass is 16.4. The SMILES string of the molecule is [C-]#[N+]C1(c2ccccc2C(=O)O)CC1. The van der Waals surface area contributed by atoms with Crippen LogP contribution < -0.4 is 0 Å². The van der Waals surface area contributed by atoms with E-state index in [9.17, 15) is 4.79 Å². The molecule has 1 N–H and O–H groups in total. The number of carboxylic acids is 1. The summed E-state index contributed by atoms with van der Waals surface area (Å²) in [5.41, 5.74) is 0.401. The molecule has 1 aliphatic carbocycles. The second-order valence-corrected chi connectivity index (χ2v) is 3.49. The third kappa shape index (κ3) is 1.16. The smallest absolute Gasteiger partial charge is 0.336 e. The standard InChI is InChI=1S/C11H9NO2/c1-12-11(6-7-11)9-5-3-2-4-8(9)10(13)14/h2-5H,6-7H2,(H,13,14). The quantitative estimate of drug-likeness (QED) is 0.722. The van der Waals surface area contributed by atoms with Crippen molar-refractivity contribution < 1.29 is 9.90 Å². The van der Waals surface area contributed by atoms with Gasteiger partial charge in [0.1, 0.15) is 0 Å². The summed E-state index contributed by atoms with van der Waals surface area (Å²) in [6.45, 7) is 7.08. The number of carboxylic acid groups (broad SMARTS) is 1. The van der Waals surface area contributed by atoms with Gasteiger partial charge in [-0.3, -0.25) is 0 Å². The van der Waals surface area contributed by atoms with E-state index in [1.807, 2.05) is 0 Å². The number of hydrogen-bond donors (Lipinski definition) is 1. The van der Waals surface area contributed by atoms with Gasteiger partial charge < -0.3 is 9.95 Å². The van der Waals surface area contributed by atoms with Gasteiger partial charge in [0.15, 0.2) is 0 Å². The van der Waals surface area contributed by atoms with Crippen molar-refractivity contribution in [3.8, 4) is 0 Å². The van der Waals surface area contributed by atoms with Crippen molar-refractivity contribution in [1.29, 1.82) is 0 Å². The third-order valence-corrected chi connectivity index (χ3v) is 2.60. The maximum atomic E-state index is 10.9. The summed E-state index contributed by atoms with van der Waals surface area (Å²) in [6.07, 6.45) is 1.56. The molecule has 0 radical (unpaired) electrons. The number of benzene rings is 1. The van der Waals surface area contributed by atoms with Crippen LogP contribution in [0.25, 0.3) is 4.85 Å². The molecule has 1 aliphatic rings. The van der Waals surface area contributed by atoms with Crippen LogP contribution in [0.4, 0.5) is 0 Å². The van der Waals surface area contributed by atoms with Crippen molar-refractivity contribution in [3.63, 3.8) is 0 Å². The molecule has 0 bridgehead atoms. The van der Waals surface area contributed by atoms with Crippen LogP contribution in [-0.2, 0) is 5.54 Å². The molecule has 0 unspecified atom stereocenters. The largest absolute Gasteiger partial charge is 0.478 e. The lowest BCUT2D eigenvalue weighted by molar-refractivity contribution is 0.0695. The van der Waals surface area contributed by atoms with Crippen LogP contribution >= 0.6 is 0 Å². The third-order valence-electron chi connectivity index (χ3n) is 2.60. The van der Waals surface area contributed by atoms with Gasteiger partial charge in [-0.25, -0.2) is 11.4 Å². The van der Waals surface area contributed by atoms with Gasteiger partial charge >= 0.3 is 5.97 Å². The first-order chi connectivity index (χ1) is 6.69. The lowest BCUT2D eigenvalue weighted by atomic mass is 9.99. The number of hydrogen-bond acceptors (Lipinski definition) is 1. The van der Waals surface area contributed by atoms with Crippen LogP contribution in [0.15, 0.2) is 24.3 Å². The van der Waals surface area contributed by atoms with Crippen molar-refractivity contribution in [1.82, 2.24) is 0 Å². The van der Waals surface area contributed by atoms with E-state index >= 15 is 0 Å². The van der Waals surface area contributed by atoms with Gasteiger partial charge in [0.05, 0.1) is 11.1 Å². The highest BCUT2D eigenvalue weighted by Gasteiger charge is 2.54. The van der Waals surface area contributed by atoms with Gasteiger partial charge in [-0.15, -0.1) is 0 Å². The van der Waals surface area contributed by atoms with Gasteiger partial charge in [-0.1, -0.05) is 18.2 Å². The Kier molecular flexibility index (Phi) is 1.78. The molecule has 0 aromatic heterocycles. The maximum absolute atomic E-state index is 10.9. The van der Waals surface area contributed by atoms with E-state index in [0.29, 0.717) is 5.56 Å². The van der Waals surface area contributed by atoms with Crippen molar-refractivity contribution in [2.45, 2.75) is 18.4 Å². The average molecular weight is 187 g/mol. The maximum Gasteiger partial charge on any atom is 0.336 e. The van der Waals surface area contributed by atoms with Gasteiger partial charge in [0.25, 0.3) is 5.54 Å². The fourth-order valence-electron chi connectivity index (χ4n) is 1.64. The molecular weight excluding hydrogens is 178 g/mol. The number of nitrogens with zero attached hydrogens (tertiary/aromatic N) is 1. The predicted molar refractivity (Wildman–Crippen MR) is 50.9 cm³/mol. The number of aromatic carboxylic acids is 1. The Morgan fingerprint density at radius 3 is 2.57 bits per heavy atom. The minimum atomic E-state index is -0.949. The topological polar surface area (TPSA) is 41.7 Å². The Morgan fingerprint density at radius 1 is 1.43 bits per heavy atom. The lowest BCUT2D eigenvalue weighted by Gasteiger charge is -2.05. The molecule has 0 heterocycles. The molecule has 1 fully saturated rings. The van der Waals surface area contributed by atoms with Gasteiger partial charge in [0, 0.05) is 12.8 Å². The van der Waals surface area contributed by atoms with Crippen molar-refractivity contribution in [2.75, 3.05) is 0 Å². The van der Waals surface area contributed by atoms with E-state index in [0.717, 1.165) is 12.8 Å². The minimum absolute atomic E-state index is 0.265. The molecule has 70 valence electrons. The first-order valence-corrected chi connectivity index (χ1v) is 4.41. The van der Waals surface area contributed by atoms with E-state index < -0.39 is 11.5 Å². The zero-order chi connectivity index (χ0) is 10.2. The molecule has 0 amide bonds. The molecular formula is C11H9NO2. The molecule has 2 rings (SSSR count). The van der Waals surface area contributed by atoms with Crippen molar-refractivity contribution >= 4 is 5.97 Å².